The van der Waals surface area contributed by atoms with Crippen LogP contribution in [0.25, 0.3) is 21.9 Å². The molecule has 0 aliphatic rings. The maximum absolute atomic E-state index is 12.3. The minimum atomic E-state index is -4.16. The van der Waals surface area contributed by atoms with Crippen LogP contribution < -0.4 is 10.5 Å². The van der Waals surface area contributed by atoms with Crippen LogP contribution in [0.4, 0.5) is 5.69 Å². The lowest BCUT2D eigenvalue weighted by atomic mass is 10.0. The number of nitrogens with two attached hydrogens (primary N) is 1. The van der Waals surface area contributed by atoms with Gasteiger partial charge in [-0.1, -0.05) is 72.8 Å². The Balaban J connectivity index is 1.71. The Bertz CT molecular complexity index is 1400. The highest BCUT2D eigenvalue weighted by molar-refractivity contribution is 7.89. The number of nitrogens with one attached hydrogen (secondary N) is 1. The Morgan fingerprint density at radius 3 is 2.25 bits per heavy atom. The lowest BCUT2D eigenvalue weighted by Crippen LogP contribution is -2.17. The largest absolute Gasteiger partial charge is 0.478 e. The van der Waals surface area contributed by atoms with Crippen molar-refractivity contribution in [2.75, 3.05) is 11.9 Å². The third-order valence-corrected chi connectivity index (χ3v) is 6.20. The summed E-state index contributed by atoms with van der Waals surface area (Å²) in [4.78, 5) is 11.4. The number of anilines is 1. The molecule has 0 aliphatic heterocycles. The monoisotopic (exact) mass is 446 g/mol. The highest BCUT2D eigenvalue weighted by Gasteiger charge is 2.22. The predicted molar refractivity (Wildman–Crippen MR) is 126 cm³/mol. The molecule has 0 fully saturated rings. The summed E-state index contributed by atoms with van der Waals surface area (Å²) >= 11 is 0. The zero-order chi connectivity index (χ0) is 22.7. The second-order valence-corrected chi connectivity index (χ2v) is 9.00. The maximum Gasteiger partial charge on any atom is 0.335 e. The molecule has 0 saturated carbocycles. The fraction of sp³-hybridized carbons (Fsp3) is 0.0800. The summed E-state index contributed by atoms with van der Waals surface area (Å²) in [6, 6.07) is 25.8. The molecule has 4 rings (SSSR count). The van der Waals surface area contributed by atoms with E-state index < -0.39 is 16.0 Å². The lowest BCUT2D eigenvalue weighted by molar-refractivity contribution is 0.0696. The fourth-order valence-electron chi connectivity index (χ4n) is 3.74. The summed E-state index contributed by atoms with van der Waals surface area (Å²) in [5.74, 6) is -1.23. The first-order valence-corrected chi connectivity index (χ1v) is 11.6. The Kier molecular flexibility index (Phi) is 5.94. The molecule has 0 atom stereocenters. The van der Waals surface area contributed by atoms with E-state index in [1.165, 1.54) is 6.07 Å². The van der Waals surface area contributed by atoms with Gasteiger partial charge in [0.15, 0.2) is 0 Å². The Labute approximate surface area is 186 Å². The smallest absolute Gasteiger partial charge is 0.335 e. The molecule has 0 radical (unpaired) electrons. The average Bonchev–Trinajstić information content (AvgIpc) is 2.78. The summed E-state index contributed by atoms with van der Waals surface area (Å²) in [5.41, 5.74) is 2.35. The highest BCUT2D eigenvalue weighted by Crippen LogP contribution is 2.35. The van der Waals surface area contributed by atoms with Crippen molar-refractivity contribution in [3.05, 3.63) is 96.1 Å². The molecule has 7 heteroatoms. The summed E-state index contributed by atoms with van der Waals surface area (Å²) in [5, 5.41) is 20.5. The second kappa shape index (κ2) is 8.82. The number of primary sulfonamides is 1. The highest BCUT2D eigenvalue weighted by atomic mass is 32.2. The van der Waals surface area contributed by atoms with E-state index in [1.54, 1.807) is 24.3 Å². The van der Waals surface area contributed by atoms with Gasteiger partial charge in [0, 0.05) is 17.8 Å². The number of rotatable bonds is 7. The van der Waals surface area contributed by atoms with E-state index >= 15 is 0 Å². The van der Waals surface area contributed by atoms with Gasteiger partial charge in [-0.2, -0.15) is 0 Å². The summed E-state index contributed by atoms with van der Waals surface area (Å²) in [7, 11) is -4.16. The van der Waals surface area contributed by atoms with Crippen molar-refractivity contribution < 1.29 is 18.3 Å². The topological polar surface area (TPSA) is 109 Å². The molecule has 4 N–H and O–H groups in total. The number of sulfonamides is 1. The molecule has 0 amide bonds. The lowest BCUT2D eigenvalue weighted by Gasteiger charge is -2.17. The molecule has 4 aromatic rings. The van der Waals surface area contributed by atoms with Gasteiger partial charge in [-0.05, 0) is 40.5 Å². The van der Waals surface area contributed by atoms with Crippen molar-refractivity contribution in [1.82, 2.24) is 0 Å². The molecule has 162 valence electrons. The van der Waals surface area contributed by atoms with E-state index in [-0.39, 0.29) is 10.5 Å². The van der Waals surface area contributed by atoms with Gasteiger partial charge < -0.3 is 10.4 Å². The first kappa shape index (κ1) is 21.5. The van der Waals surface area contributed by atoms with E-state index in [0.29, 0.717) is 29.8 Å². The number of hydrogen-bond donors (Lipinski definition) is 3. The van der Waals surface area contributed by atoms with Crippen molar-refractivity contribution in [3.8, 4) is 11.1 Å². The minimum absolute atomic E-state index is 0.151. The van der Waals surface area contributed by atoms with Gasteiger partial charge in [-0.25, -0.2) is 18.4 Å². The van der Waals surface area contributed by atoms with Gasteiger partial charge >= 0.3 is 5.97 Å². The number of carboxylic acids is 1. The van der Waals surface area contributed by atoms with Crippen LogP contribution in [0.2, 0.25) is 0 Å². The van der Waals surface area contributed by atoms with Gasteiger partial charge in [-0.3, -0.25) is 0 Å². The SMILES string of the molecule is NS(=O)(=O)c1cc(C(=O)O)cc(NCCc2ccc3ccccc3c2)c1-c1ccccc1. The predicted octanol–water partition coefficient (Wildman–Crippen LogP) is 4.51. The first-order chi connectivity index (χ1) is 15.3. The van der Waals surface area contributed by atoms with Crippen LogP contribution in [0.5, 0.6) is 0 Å². The van der Waals surface area contributed by atoms with Crippen LogP contribution in [-0.4, -0.2) is 26.0 Å². The minimum Gasteiger partial charge on any atom is -0.478 e. The van der Waals surface area contributed by atoms with Crippen molar-refractivity contribution in [2.45, 2.75) is 11.3 Å². The van der Waals surface area contributed by atoms with Crippen LogP contribution in [0.1, 0.15) is 15.9 Å². The molecule has 0 aromatic heterocycles. The Morgan fingerprint density at radius 2 is 1.56 bits per heavy atom. The molecule has 0 spiro atoms. The van der Waals surface area contributed by atoms with E-state index in [1.807, 2.05) is 24.3 Å². The molecular weight excluding hydrogens is 424 g/mol. The standard InChI is InChI=1S/C25H22N2O4S/c26-32(30,31)23-16-21(25(28)29)15-22(24(23)19-7-2-1-3-8-19)27-13-12-17-10-11-18-6-4-5-9-20(18)14-17/h1-11,14-16,27H,12-13H2,(H,28,29)(H2,26,30,31). The maximum atomic E-state index is 12.3. The van der Waals surface area contributed by atoms with Crippen molar-refractivity contribution >= 4 is 32.5 Å². The van der Waals surface area contributed by atoms with E-state index in [4.69, 9.17) is 5.14 Å². The molecule has 4 aromatic carbocycles. The number of carboxylic acid groups (broad SMARTS) is 1. The van der Waals surface area contributed by atoms with Gasteiger partial charge in [0.2, 0.25) is 10.0 Å². The summed E-state index contributed by atoms with van der Waals surface area (Å²) in [6.07, 6.45) is 0.668. The zero-order valence-electron chi connectivity index (χ0n) is 17.2. The number of carbonyl (C=O) groups is 1. The number of aromatic carboxylic acids is 1. The van der Waals surface area contributed by atoms with Gasteiger partial charge in [0.25, 0.3) is 0 Å². The normalized spacial score (nSPS) is 11.4. The molecule has 0 aliphatic carbocycles. The molecule has 0 bridgehead atoms. The number of benzene rings is 4. The van der Waals surface area contributed by atoms with Crippen LogP contribution >= 0.6 is 0 Å². The first-order valence-electron chi connectivity index (χ1n) is 10.0. The van der Waals surface area contributed by atoms with Crippen molar-refractivity contribution in [2.24, 2.45) is 5.14 Å². The molecule has 0 saturated heterocycles. The third kappa shape index (κ3) is 4.64. The summed E-state index contributed by atoms with van der Waals surface area (Å²) < 4.78 is 24.7. The van der Waals surface area contributed by atoms with Crippen molar-refractivity contribution in [3.63, 3.8) is 0 Å². The molecule has 32 heavy (non-hydrogen) atoms. The Morgan fingerprint density at radius 1 is 0.875 bits per heavy atom. The average molecular weight is 447 g/mol. The second-order valence-electron chi connectivity index (χ2n) is 7.47. The number of hydrogen-bond acceptors (Lipinski definition) is 4. The third-order valence-electron chi connectivity index (χ3n) is 5.26. The molecular formula is C25H22N2O4S. The van der Waals surface area contributed by atoms with Crippen molar-refractivity contribution in [1.29, 1.82) is 0 Å². The van der Waals surface area contributed by atoms with E-state index in [9.17, 15) is 18.3 Å². The molecule has 0 unspecified atom stereocenters. The fourth-order valence-corrected chi connectivity index (χ4v) is 4.54. The van der Waals surface area contributed by atoms with Gasteiger partial charge in [0.05, 0.1) is 10.5 Å². The van der Waals surface area contributed by atoms with Gasteiger partial charge in [0.1, 0.15) is 0 Å². The van der Waals surface area contributed by atoms with Crippen LogP contribution in [0.3, 0.4) is 0 Å². The van der Waals surface area contributed by atoms with Crippen LogP contribution in [0, 0.1) is 0 Å². The quantitative estimate of drug-likeness (QED) is 0.387. The molecule has 6 nitrogen and oxygen atoms in total. The van der Waals surface area contributed by atoms with E-state index in [2.05, 4.69) is 29.6 Å². The zero-order valence-corrected chi connectivity index (χ0v) is 18.0. The summed E-state index contributed by atoms with van der Waals surface area (Å²) in [6.45, 7) is 0.477. The van der Waals surface area contributed by atoms with Gasteiger partial charge in [-0.15, -0.1) is 0 Å². The van der Waals surface area contributed by atoms with Crippen LogP contribution in [0.15, 0.2) is 89.8 Å². The number of fused-ring (bicyclic) bond motifs is 1. The Hall–Kier alpha value is -3.68. The molecule has 0 heterocycles. The van der Waals surface area contributed by atoms with Crippen LogP contribution in [-0.2, 0) is 16.4 Å². The van der Waals surface area contributed by atoms with E-state index in [0.717, 1.165) is 22.4 Å².